The Balaban J connectivity index is 2.16. The second-order valence-electron chi connectivity index (χ2n) is 5.22. The van der Waals surface area contributed by atoms with Crippen LogP contribution in [0.5, 0.6) is 0 Å². The predicted molar refractivity (Wildman–Crippen MR) is 83.6 cm³/mol. The highest BCUT2D eigenvalue weighted by atomic mass is 32.2. The Morgan fingerprint density at radius 1 is 1.22 bits per heavy atom. The molecule has 3 heteroatoms. The van der Waals surface area contributed by atoms with Crippen molar-refractivity contribution in [3.05, 3.63) is 34.9 Å². The molecular weight excluding hydrogens is 260 g/mol. The molecule has 1 aliphatic rings. The van der Waals surface area contributed by atoms with Crippen LogP contribution in [0.1, 0.15) is 36.6 Å². The van der Waals surface area contributed by atoms with Crippen LogP contribution < -0.4 is 0 Å². The van der Waals surface area contributed by atoms with Crippen molar-refractivity contribution >= 4 is 23.5 Å². The Bertz CT molecular complexity index is 419. The van der Waals surface area contributed by atoms with Crippen molar-refractivity contribution in [1.29, 1.82) is 0 Å². The SMILES string of the molecule is Cc1ccc(C)c(C(O)C2CSC(C)C(C)S2)c1. The molecule has 4 unspecified atom stereocenters. The minimum Gasteiger partial charge on any atom is -0.387 e. The van der Waals surface area contributed by atoms with Crippen molar-refractivity contribution in [2.75, 3.05) is 5.75 Å². The maximum atomic E-state index is 10.6. The molecule has 0 radical (unpaired) electrons. The van der Waals surface area contributed by atoms with Crippen molar-refractivity contribution < 1.29 is 5.11 Å². The molecule has 0 amide bonds. The largest absolute Gasteiger partial charge is 0.387 e. The van der Waals surface area contributed by atoms with Gasteiger partial charge in [0.2, 0.25) is 0 Å². The monoisotopic (exact) mass is 282 g/mol. The smallest absolute Gasteiger partial charge is 0.0919 e. The van der Waals surface area contributed by atoms with Crippen LogP contribution >= 0.6 is 23.5 Å². The predicted octanol–water partition coefficient (Wildman–Crippen LogP) is 3.96. The van der Waals surface area contributed by atoms with Crippen molar-refractivity contribution in [1.82, 2.24) is 0 Å². The van der Waals surface area contributed by atoms with E-state index in [1.54, 1.807) is 0 Å². The van der Waals surface area contributed by atoms with Crippen LogP contribution in [0.3, 0.4) is 0 Å². The van der Waals surface area contributed by atoms with Gasteiger partial charge in [0.1, 0.15) is 0 Å². The van der Waals surface area contributed by atoms with E-state index in [4.69, 9.17) is 0 Å². The highest BCUT2D eigenvalue weighted by Gasteiger charge is 2.31. The second kappa shape index (κ2) is 5.89. The Kier molecular flexibility index (Phi) is 4.68. The summed E-state index contributed by atoms with van der Waals surface area (Å²) in [4.78, 5) is 0. The van der Waals surface area contributed by atoms with E-state index in [2.05, 4.69) is 45.9 Å². The lowest BCUT2D eigenvalue weighted by atomic mass is 9.99. The fourth-order valence-corrected chi connectivity index (χ4v) is 5.24. The van der Waals surface area contributed by atoms with Crippen molar-refractivity contribution in [2.45, 2.75) is 49.5 Å². The molecule has 1 saturated heterocycles. The van der Waals surface area contributed by atoms with Crippen molar-refractivity contribution in [2.24, 2.45) is 0 Å². The lowest BCUT2D eigenvalue weighted by Crippen LogP contribution is -2.30. The molecule has 1 aromatic rings. The second-order valence-corrected chi connectivity index (χ2v) is 8.25. The molecule has 0 spiro atoms. The van der Waals surface area contributed by atoms with Gasteiger partial charge in [0.25, 0.3) is 0 Å². The van der Waals surface area contributed by atoms with Gasteiger partial charge in [0, 0.05) is 21.5 Å². The average molecular weight is 282 g/mol. The third-order valence-corrected chi connectivity index (χ3v) is 7.16. The molecule has 4 atom stereocenters. The molecule has 1 heterocycles. The summed E-state index contributed by atoms with van der Waals surface area (Å²) < 4.78 is 0. The zero-order valence-electron chi connectivity index (χ0n) is 11.5. The normalized spacial score (nSPS) is 30.2. The van der Waals surface area contributed by atoms with Gasteiger partial charge < -0.3 is 5.11 Å². The van der Waals surface area contributed by atoms with Gasteiger partial charge in [-0.05, 0) is 25.0 Å². The number of benzene rings is 1. The number of aliphatic hydroxyl groups is 1. The van der Waals surface area contributed by atoms with Crippen molar-refractivity contribution in [3.8, 4) is 0 Å². The molecule has 18 heavy (non-hydrogen) atoms. The minimum atomic E-state index is -0.336. The number of rotatable bonds is 2. The Labute approximate surface area is 119 Å². The summed E-state index contributed by atoms with van der Waals surface area (Å²) in [5.41, 5.74) is 3.53. The van der Waals surface area contributed by atoms with E-state index >= 15 is 0 Å². The summed E-state index contributed by atoms with van der Waals surface area (Å²) in [7, 11) is 0. The molecule has 1 N–H and O–H groups in total. The van der Waals surface area contributed by atoms with Gasteiger partial charge >= 0.3 is 0 Å². The Morgan fingerprint density at radius 3 is 2.61 bits per heavy atom. The summed E-state index contributed by atoms with van der Waals surface area (Å²) in [6.07, 6.45) is -0.336. The van der Waals surface area contributed by atoms with Gasteiger partial charge in [-0.1, -0.05) is 37.6 Å². The molecule has 2 rings (SSSR count). The zero-order chi connectivity index (χ0) is 13.3. The van der Waals surface area contributed by atoms with Gasteiger partial charge in [-0.15, -0.1) is 0 Å². The van der Waals surface area contributed by atoms with E-state index in [-0.39, 0.29) is 6.10 Å². The lowest BCUT2D eigenvalue weighted by molar-refractivity contribution is 0.179. The van der Waals surface area contributed by atoms with Gasteiger partial charge in [-0.2, -0.15) is 23.5 Å². The van der Waals surface area contributed by atoms with Crippen LogP contribution in [-0.4, -0.2) is 26.6 Å². The molecule has 1 aromatic carbocycles. The van der Waals surface area contributed by atoms with Crippen LogP contribution in [0.2, 0.25) is 0 Å². The van der Waals surface area contributed by atoms with Gasteiger partial charge in [0.15, 0.2) is 0 Å². The maximum absolute atomic E-state index is 10.6. The topological polar surface area (TPSA) is 20.2 Å². The van der Waals surface area contributed by atoms with E-state index in [1.165, 1.54) is 11.1 Å². The maximum Gasteiger partial charge on any atom is 0.0919 e. The Morgan fingerprint density at radius 2 is 1.94 bits per heavy atom. The molecule has 1 nitrogen and oxygen atoms in total. The fraction of sp³-hybridized carbons (Fsp3) is 0.600. The van der Waals surface area contributed by atoms with E-state index in [9.17, 15) is 5.11 Å². The van der Waals surface area contributed by atoms with Crippen LogP contribution in [0.25, 0.3) is 0 Å². The third-order valence-electron chi connectivity index (χ3n) is 3.68. The fourth-order valence-electron chi connectivity index (χ4n) is 2.25. The molecule has 100 valence electrons. The highest BCUT2D eigenvalue weighted by molar-refractivity contribution is 8.07. The first-order valence-corrected chi connectivity index (χ1v) is 8.50. The van der Waals surface area contributed by atoms with Crippen LogP contribution in [0.15, 0.2) is 18.2 Å². The standard InChI is InChI=1S/C15H22OS2/c1-9-5-6-10(2)13(7-9)15(16)14-8-17-11(3)12(4)18-14/h5-7,11-12,14-16H,8H2,1-4H3. The van der Waals surface area contributed by atoms with Crippen LogP contribution in [-0.2, 0) is 0 Å². The number of hydrogen-bond acceptors (Lipinski definition) is 3. The third kappa shape index (κ3) is 3.06. The van der Waals surface area contributed by atoms with E-state index in [0.29, 0.717) is 15.7 Å². The lowest BCUT2D eigenvalue weighted by Gasteiger charge is -2.34. The quantitative estimate of drug-likeness (QED) is 0.886. The average Bonchev–Trinajstić information content (AvgIpc) is 2.35. The Hall–Kier alpha value is -0.120. The number of aliphatic hydroxyl groups excluding tert-OH is 1. The van der Waals surface area contributed by atoms with E-state index in [1.807, 2.05) is 23.5 Å². The molecule has 1 aliphatic heterocycles. The first-order chi connectivity index (χ1) is 8.49. The number of hydrogen-bond donors (Lipinski definition) is 1. The summed E-state index contributed by atoms with van der Waals surface area (Å²) in [5, 5.41) is 12.3. The summed E-state index contributed by atoms with van der Waals surface area (Å²) in [6, 6.07) is 6.35. The molecule has 1 fully saturated rings. The molecule has 0 aliphatic carbocycles. The molecule has 0 aromatic heterocycles. The van der Waals surface area contributed by atoms with E-state index < -0.39 is 0 Å². The van der Waals surface area contributed by atoms with Crippen LogP contribution in [0.4, 0.5) is 0 Å². The van der Waals surface area contributed by atoms with Gasteiger partial charge in [0.05, 0.1) is 6.10 Å². The zero-order valence-corrected chi connectivity index (χ0v) is 13.1. The number of thioether (sulfide) groups is 2. The van der Waals surface area contributed by atoms with Gasteiger partial charge in [-0.3, -0.25) is 0 Å². The van der Waals surface area contributed by atoms with Crippen LogP contribution in [0, 0.1) is 13.8 Å². The minimum absolute atomic E-state index is 0.321. The molecular formula is C15H22OS2. The summed E-state index contributed by atoms with van der Waals surface area (Å²) >= 11 is 3.93. The molecule has 0 bridgehead atoms. The molecule has 0 saturated carbocycles. The van der Waals surface area contributed by atoms with E-state index in [0.717, 1.165) is 11.3 Å². The first-order valence-electron chi connectivity index (χ1n) is 6.51. The number of aryl methyl sites for hydroxylation is 2. The van der Waals surface area contributed by atoms with Gasteiger partial charge in [-0.25, -0.2) is 0 Å². The van der Waals surface area contributed by atoms with Crippen molar-refractivity contribution in [3.63, 3.8) is 0 Å². The summed E-state index contributed by atoms with van der Waals surface area (Å²) in [6.45, 7) is 8.72. The first kappa shape index (κ1) is 14.3. The highest BCUT2D eigenvalue weighted by Crippen LogP contribution is 2.41. The summed E-state index contributed by atoms with van der Waals surface area (Å²) in [5.74, 6) is 1.05.